The molecule has 3 rings (SSSR count). The van der Waals surface area contributed by atoms with Crippen LogP contribution >= 0.6 is 0 Å². The highest BCUT2D eigenvalue weighted by Gasteiger charge is 2.28. The van der Waals surface area contributed by atoms with Crippen LogP contribution < -0.4 is 10.5 Å². The van der Waals surface area contributed by atoms with E-state index in [0.717, 1.165) is 31.6 Å². The number of anilines is 1. The van der Waals surface area contributed by atoms with Crippen molar-refractivity contribution < 1.29 is 13.9 Å². The maximum Gasteiger partial charge on any atom is 0.351 e. The number of rotatable bonds is 3. The van der Waals surface area contributed by atoms with Gasteiger partial charge in [0.25, 0.3) is 0 Å². The Morgan fingerprint density at radius 3 is 2.71 bits per heavy atom. The van der Waals surface area contributed by atoms with E-state index in [0.29, 0.717) is 11.3 Å². The minimum atomic E-state index is -0.630. The number of furan rings is 1. The summed E-state index contributed by atoms with van der Waals surface area (Å²) in [6.45, 7) is 3.80. The van der Waals surface area contributed by atoms with Crippen molar-refractivity contribution in [3.8, 4) is 11.3 Å². The molecule has 3 aliphatic rings. The van der Waals surface area contributed by atoms with Gasteiger partial charge >= 0.3 is 11.6 Å². The van der Waals surface area contributed by atoms with Crippen molar-refractivity contribution in [2.24, 2.45) is 0 Å². The van der Waals surface area contributed by atoms with Crippen LogP contribution in [0.1, 0.15) is 30.1 Å². The second-order valence-corrected chi connectivity index (χ2v) is 5.03. The SMILES string of the molecule is CCOC(=O)c1c2ccccc(N3CCCC3)c-2oc1=O. The lowest BCUT2D eigenvalue weighted by Crippen LogP contribution is -2.17. The minimum Gasteiger partial charge on any atom is -0.462 e. The molecule has 0 radical (unpaired) electrons. The molecule has 2 aliphatic heterocycles. The molecule has 0 amide bonds. The molecule has 0 aromatic heterocycles. The number of carbonyl (C=O) groups is 1. The van der Waals surface area contributed by atoms with E-state index in [4.69, 9.17) is 9.15 Å². The molecule has 1 aliphatic carbocycles. The van der Waals surface area contributed by atoms with Crippen molar-refractivity contribution >= 4 is 11.7 Å². The smallest absolute Gasteiger partial charge is 0.351 e. The van der Waals surface area contributed by atoms with E-state index in [1.165, 1.54) is 0 Å². The molecule has 0 unspecified atom stereocenters. The average molecular weight is 287 g/mol. The average Bonchev–Trinajstić information content (AvgIpc) is 3.04. The van der Waals surface area contributed by atoms with Gasteiger partial charge in [0.05, 0.1) is 12.3 Å². The van der Waals surface area contributed by atoms with Gasteiger partial charge in [-0.1, -0.05) is 18.2 Å². The Morgan fingerprint density at radius 1 is 1.29 bits per heavy atom. The van der Waals surface area contributed by atoms with Crippen LogP contribution in [0.15, 0.2) is 33.5 Å². The zero-order valence-corrected chi connectivity index (χ0v) is 11.9. The lowest BCUT2D eigenvalue weighted by Gasteiger charge is -2.17. The molecular weight excluding hydrogens is 270 g/mol. The highest BCUT2D eigenvalue weighted by molar-refractivity contribution is 5.98. The molecule has 0 bridgehead atoms. The number of nitrogens with zero attached hydrogens (tertiary/aromatic N) is 1. The van der Waals surface area contributed by atoms with Gasteiger partial charge in [-0.3, -0.25) is 0 Å². The maximum atomic E-state index is 12.0. The normalized spacial score (nSPS) is 14.6. The fourth-order valence-electron chi connectivity index (χ4n) is 2.75. The van der Waals surface area contributed by atoms with Gasteiger partial charge in [0.2, 0.25) is 0 Å². The van der Waals surface area contributed by atoms with Crippen LogP contribution in [0.2, 0.25) is 0 Å². The van der Waals surface area contributed by atoms with Crippen molar-refractivity contribution in [2.75, 3.05) is 24.6 Å². The van der Waals surface area contributed by atoms with Gasteiger partial charge in [-0.2, -0.15) is 0 Å². The quantitative estimate of drug-likeness (QED) is 0.812. The summed E-state index contributed by atoms with van der Waals surface area (Å²) in [7, 11) is 0. The van der Waals surface area contributed by atoms with E-state index in [2.05, 4.69) is 4.90 Å². The summed E-state index contributed by atoms with van der Waals surface area (Å²) < 4.78 is 10.3. The number of hydrogen-bond acceptors (Lipinski definition) is 5. The lowest BCUT2D eigenvalue weighted by atomic mass is 10.1. The van der Waals surface area contributed by atoms with Gasteiger partial charge < -0.3 is 14.1 Å². The maximum absolute atomic E-state index is 12.0. The van der Waals surface area contributed by atoms with Crippen LogP contribution in [-0.2, 0) is 4.74 Å². The zero-order valence-electron chi connectivity index (χ0n) is 11.9. The van der Waals surface area contributed by atoms with Crippen LogP contribution in [0.4, 0.5) is 5.69 Å². The molecular formula is C16H17NO4. The first-order valence-electron chi connectivity index (χ1n) is 7.20. The Kier molecular flexibility index (Phi) is 3.64. The van der Waals surface area contributed by atoms with E-state index < -0.39 is 11.6 Å². The summed E-state index contributed by atoms with van der Waals surface area (Å²) in [6, 6.07) is 7.35. The van der Waals surface area contributed by atoms with E-state index in [9.17, 15) is 9.59 Å². The third-order valence-corrected chi connectivity index (χ3v) is 3.70. The molecule has 2 heterocycles. The number of carbonyl (C=O) groups excluding carboxylic acids is 1. The molecule has 1 saturated heterocycles. The number of esters is 1. The molecule has 21 heavy (non-hydrogen) atoms. The Labute approximate surface area is 122 Å². The Balaban J connectivity index is 2.13. The predicted molar refractivity (Wildman–Crippen MR) is 79.0 cm³/mol. The van der Waals surface area contributed by atoms with Crippen molar-refractivity contribution in [3.05, 3.63) is 40.2 Å². The zero-order chi connectivity index (χ0) is 14.8. The predicted octanol–water partition coefficient (Wildman–Crippen LogP) is 2.52. The van der Waals surface area contributed by atoms with Gasteiger partial charge in [0.15, 0.2) is 11.3 Å². The standard InChI is InChI=1S/C16H17NO4/c1-2-20-15(18)13-11-7-3-4-8-12(14(11)21-16(13)19)17-9-5-6-10-17/h3-4,7-8H,2,5-6,9-10H2,1H3. The topological polar surface area (TPSA) is 59.8 Å². The van der Waals surface area contributed by atoms with Crippen LogP contribution in [-0.4, -0.2) is 25.7 Å². The lowest BCUT2D eigenvalue weighted by molar-refractivity contribution is 0.0524. The molecule has 0 aromatic rings. The van der Waals surface area contributed by atoms with E-state index >= 15 is 0 Å². The van der Waals surface area contributed by atoms with Crippen molar-refractivity contribution in [1.82, 2.24) is 0 Å². The summed E-state index contributed by atoms with van der Waals surface area (Å²) in [6.07, 6.45) is 2.24. The Bertz CT molecular complexity index is 685. The number of fused-ring (bicyclic) bond motifs is 1. The summed E-state index contributed by atoms with van der Waals surface area (Å²) in [5.41, 5.74) is 0.740. The summed E-state index contributed by atoms with van der Waals surface area (Å²) in [5, 5.41) is 0. The first-order valence-corrected chi connectivity index (χ1v) is 7.20. The molecule has 0 saturated carbocycles. The summed E-state index contributed by atoms with van der Waals surface area (Å²) in [5.74, 6) is -0.158. The van der Waals surface area contributed by atoms with Gasteiger partial charge in [0, 0.05) is 18.7 Å². The van der Waals surface area contributed by atoms with E-state index in [-0.39, 0.29) is 12.2 Å². The molecule has 1 fully saturated rings. The molecule has 0 spiro atoms. The minimum absolute atomic E-state index is 0.0107. The fraction of sp³-hybridized carbons (Fsp3) is 0.375. The molecule has 5 nitrogen and oxygen atoms in total. The van der Waals surface area contributed by atoms with Gasteiger partial charge in [0.1, 0.15) is 0 Å². The molecule has 5 heteroatoms. The Hall–Kier alpha value is -2.30. The van der Waals surface area contributed by atoms with Crippen LogP contribution in [0.25, 0.3) is 11.3 Å². The molecule has 0 N–H and O–H groups in total. The van der Waals surface area contributed by atoms with Crippen molar-refractivity contribution in [3.63, 3.8) is 0 Å². The monoisotopic (exact) mass is 287 g/mol. The number of ether oxygens (including phenoxy) is 1. The third-order valence-electron chi connectivity index (χ3n) is 3.70. The van der Waals surface area contributed by atoms with E-state index in [1.807, 2.05) is 12.1 Å². The highest BCUT2D eigenvalue weighted by Crippen LogP contribution is 2.35. The van der Waals surface area contributed by atoms with Crippen LogP contribution in [0.5, 0.6) is 0 Å². The highest BCUT2D eigenvalue weighted by atomic mass is 16.5. The molecule has 0 atom stereocenters. The van der Waals surface area contributed by atoms with Crippen molar-refractivity contribution in [2.45, 2.75) is 19.8 Å². The van der Waals surface area contributed by atoms with Gasteiger partial charge in [-0.15, -0.1) is 0 Å². The first-order chi connectivity index (χ1) is 10.2. The third kappa shape index (κ3) is 2.39. The second-order valence-electron chi connectivity index (χ2n) is 5.03. The van der Waals surface area contributed by atoms with Crippen LogP contribution in [0, 0.1) is 0 Å². The largest absolute Gasteiger partial charge is 0.462 e. The first kappa shape index (κ1) is 13.7. The van der Waals surface area contributed by atoms with E-state index in [1.54, 1.807) is 19.1 Å². The van der Waals surface area contributed by atoms with Crippen LogP contribution in [0.3, 0.4) is 0 Å². The van der Waals surface area contributed by atoms with Gasteiger partial charge in [-0.25, -0.2) is 9.59 Å². The fourth-order valence-corrected chi connectivity index (χ4v) is 2.75. The summed E-state index contributed by atoms with van der Waals surface area (Å²) >= 11 is 0. The Morgan fingerprint density at radius 2 is 2.00 bits per heavy atom. The number of hydrogen-bond donors (Lipinski definition) is 0. The van der Waals surface area contributed by atoms with Crippen molar-refractivity contribution in [1.29, 1.82) is 0 Å². The summed E-state index contributed by atoms with van der Waals surface area (Å²) in [4.78, 5) is 26.2. The molecule has 110 valence electrons. The molecule has 0 aromatic carbocycles. The second kappa shape index (κ2) is 5.60. The van der Waals surface area contributed by atoms with Gasteiger partial charge in [-0.05, 0) is 25.8 Å².